The molecular weight excluding hydrogens is 168 g/mol. The summed E-state index contributed by atoms with van der Waals surface area (Å²) in [5.74, 6) is -0.187. The molecule has 0 aromatic rings. The van der Waals surface area contributed by atoms with Gasteiger partial charge >= 0.3 is 5.97 Å². The van der Waals surface area contributed by atoms with E-state index in [4.69, 9.17) is 5.73 Å². The van der Waals surface area contributed by atoms with Gasteiger partial charge in [0.15, 0.2) is 0 Å². The number of carbonyl (C=O) groups is 1. The largest absolute Gasteiger partial charge is 0.469 e. The van der Waals surface area contributed by atoms with E-state index in [0.717, 1.165) is 13.0 Å². The Kier molecular flexibility index (Phi) is 5.66. The summed E-state index contributed by atoms with van der Waals surface area (Å²) in [7, 11) is 1.41. The van der Waals surface area contributed by atoms with E-state index in [1.807, 2.05) is 13.8 Å². The van der Waals surface area contributed by atoms with Gasteiger partial charge in [-0.05, 0) is 33.4 Å². The lowest BCUT2D eigenvalue weighted by atomic mass is 9.94. The zero-order chi connectivity index (χ0) is 10.3. The molecule has 0 aliphatic carbocycles. The van der Waals surface area contributed by atoms with E-state index in [9.17, 15) is 4.79 Å². The number of carbonyl (C=O) groups excluding carboxylic acids is 1. The average molecular weight is 188 g/mol. The monoisotopic (exact) mass is 188 g/mol. The number of nitrogens with one attached hydrogen (secondary N) is 1. The van der Waals surface area contributed by atoms with Gasteiger partial charge in [0.25, 0.3) is 0 Å². The molecular formula is C9H20N2O2. The lowest BCUT2D eigenvalue weighted by molar-refractivity contribution is -0.150. The maximum atomic E-state index is 11.2. The molecule has 3 N–H and O–H groups in total. The molecule has 0 fully saturated rings. The molecule has 0 saturated carbocycles. The molecule has 0 rings (SSSR count). The van der Waals surface area contributed by atoms with Crippen LogP contribution in [0, 0.1) is 5.41 Å². The zero-order valence-electron chi connectivity index (χ0n) is 8.72. The Morgan fingerprint density at radius 3 is 2.62 bits per heavy atom. The smallest absolute Gasteiger partial charge is 0.312 e. The highest BCUT2D eigenvalue weighted by Crippen LogP contribution is 2.14. The van der Waals surface area contributed by atoms with Crippen LogP contribution in [0.15, 0.2) is 0 Å². The third kappa shape index (κ3) is 4.85. The van der Waals surface area contributed by atoms with Gasteiger partial charge in [0.2, 0.25) is 0 Å². The number of hydrogen-bond acceptors (Lipinski definition) is 4. The van der Waals surface area contributed by atoms with Crippen molar-refractivity contribution in [3.05, 3.63) is 0 Å². The molecule has 0 atom stereocenters. The summed E-state index contributed by atoms with van der Waals surface area (Å²) in [5.41, 5.74) is 4.88. The topological polar surface area (TPSA) is 64.3 Å². The lowest BCUT2D eigenvalue weighted by Crippen LogP contribution is -2.37. The summed E-state index contributed by atoms with van der Waals surface area (Å²) in [6.45, 7) is 5.85. The summed E-state index contributed by atoms with van der Waals surface area (Å²) >= 11 is 0. The predicted octanol–water partition coefficient (Wildman–Crippen LogP) is 0.124. The molecule has 0 saturated heterocycles. The first kappa shape index (κ1) is 12.4. The fourth-order valence-electron chi connectivity index (χ4n) is 0.976. The van der Waals surface area contributed by atoms with Gasteiger partial charge in [-0.15, -0.1) is 0 Å². The number of rotatable bonds is 6. The van der Waals surface area contributed by atoms with Crippen LogP contribution in [0.4, 0.5) is 0 Å². The van der Waals surface area contributed by atoms with Crippen molar-refractivity contribution in [2.75, 3.05) is 26.7 Å². The molecule has 0 unspecified atom stereocenters. The Labute approximate surface area is 79.8 Å². The van der Waals surface area contributed by atoms with Crippen molar-refractivity contribution >= 4 is 5.97 Å². The van der Waals surface area contributed by atoms with Gasteiger partial charge in [0, 0.05) is 6.54 Å². The Balaban J connectivity index is 3.69. The Morgan fingerprint density at radius 1 is 1.54 bits per heavy atom. The van der Waals surface area contributed by atoms with Crippen LogP contribution < -0.4 is 11.1 Å². The molecule has 0 spiro atoms. The molecule has 0 aliphatic rings. The minimum atomic E-state index is -0.455. The van der Waals surface area contributed by atoms with Gasteiger partial charge in [0.05, 0.1) is 12.5 Å². The van der Waals surface area contributed by atoms with Crippen LogP contribution in [0.1, 0.15) is 20.3 Å². The fraction of sp³-hybridized carbons (Fsp3) is 0.889. The fourth-order valence-corrected chi connectivity index (χ4v) is 0.976. The standard InChI is InChI=1S/C9H20N2O2/c1-9(2,8(12)13-3)7-11-6-4-5-10/h11H,4-7,10H2,1-3H3. The number of methoxy groups -OCH3 is 1. The van der Waals surface area contributed by atoms with E-state index in [1.54, 1.807) is 0 Å². The number of nitrogens with two attached hydrogens (primary N) is 1. The van der Waals surface area contributed by atoms with Crippen LogP contribution in [0.2, 0.25) is 0 Å². The number of esters is 1. The third-order valence-electron chi connectivity index (χ3n) is 1.86. The predicted molar refractivity (Wildman–Crippen MR) is 52.3 cm³/mol. The average Bonchev–Trinajstić information content (AvgIpc) is 2.11. The molecule has 0 bridgehead atoms. The van der Waals surface area contributed by atoms with Gasteiger partial charge in [-0.3, -0.25) is 4.79 Å². The first-order chi connectivity index (χ1) is 6.04. The molecule has 4 heteroatoms. The molecule has 0 aromatic carbocycles. The zero-order valence-corrected chi connectivity index (χ0v) is 8.72. The highest BCUT2D eigenvalue weighted by Gasteiger charge is 2.27. The normalized spacial score (nSPS) is 11.4. The van der Waals surface area contributed by atoms with Crippen LogP contribution in [0.3, 0.4) is 0 Å². The van der Waals surface area contributed by atoms with Crippen molar-refractivity contribution in [1.29, 1.82) is 0 Å². The van der Waals surface area contributed by atoms with Crippen LogP contribution in [0.5, 0.6) is 0 Å². The van der Waals surface area contributed by atoms with E-state index < -0.39 is 5.41 Å². The van der Waals surface area contributed by atoms with Crippen molar-refractivity contribution in [2.24, 2.45) is 11.1 Å². The van der Waals surface area contributed by atoms with E-state index in [1.165, 1.54) is 7.11 Å². The quantitative estimate of drug-likeness (QED) is 0.459. The lowest BCUT2D eigenvalue weighted by Gasteiger charge is -2.21. The van der Waals surface area contributed by atoms with E-state index in [2.05, 4.69) is 10.1 Å². The van der Waals surface area contributed by atoms with Crippen LogP contribution in [-0.2, 0) is 9.53 Å². The molecule has 0 aromatic heterocycles. The molecule has 4 nitrogen and oxygen atoms in total. The second kappa shape index (κ2) is 5.94. The molecule has 78 valence electrons. The minimum absolute atomic E-state index is 0.187. The molecule has 0 heterocycles. The second-order valence-electron chi connectivity index (χ2n) is 3.69. The van der Waals surface area contributed by atoms with Crippen LogP contribution in [0.25, 0.3) is 0 Å². The van der Waals surface area contributed by atoms with E-state index in [-0.39, 0.29) is 5.97 Å². The SMILES string of the molecule is COC(=O)C(C)(C)CNCCCN. The van der Waals surface area contributed by atoms with Gasteiger partial charge in [0.1, 0.15) is 0 Å². The van der Waals surface area contributed by atoms with Crippen LogP contribution >= 0.6 is 0 Å². The van der Waals surface area contributed by atoms with E-state index in [0.29, 0.717) is 13.1 Å². The molecule has 0 radical (unpaired) electrons. The summed E-state index contributed by atoms with van der Waals surface area (Å²) in [6, 6.07) is 0. The van der Waals surface area contributed by atoms with Gasteiger partial charge in [-0.2, -0.15) is 0 Å². The Morgan fingerprint density at radius 2 is 2.15 bits per heavy atom. The maximum Gasteiger partial charge on any atom is 0.312 e. The first-order valence-corrected chi connectivity index (χ1v) is 4.54. The van der Waals surface area contributed by atoms with E-state index >= 15 is 0 Å². The summed E-state index contributed by atoms with van der Waals surface area (Å²) in [5, 5.41) is 3.16. The highest BCUT2D eigenvalue weighted by atomic mass is 16.5. The van der Waals surface area contributed by atoms with Crippen LogP contribution in [-0.4, -0.2) is 32.7 Å². The van der Waals surface area contributed by atoms with Crippen molar-refractivity contribution in [1.82, 2.24) is 5.32 Å². The summed E-state index contributed by atoms with van der Waals surface area (Å²) in [6.07, 6.45) is 0.928. The van der Waals surface area contributed by atoms with Crippen molar-refractivity contribution in [3.63, 3.8) is 0 Å². The molecule has 13 heavy (non-hydrogen) atoms. The van der Waals surface area contributed by atoms with Gasteiger partial charge in [-0.1, -0.05) is 0 Å². The maximum absolute atomic E-state index is 11.2. The van der Waals surface area contributed by atoms with Crippen molar-refractivity contribution in [3.8, 4) is 0 Å². The second-order valence-corrected chi connectivity index (χ2v) is 3.69. The van der Waals surface area contributed by atoms with Crippen molar-refractivity contribution in [2.45, 2.75) is 20.3 Å². The van der Waals surface area contributed by atoms with Gasteiger partial charge in [-0.25, -0.2) is 0 Å². The highest BCUT2D eigenvalue weighted by molar-refractivity contribution is 5.75. The van der Waals surface area contributed by atoms with Crippen molar-refractivity contribution < 1.29 is 9.53 Å². The number of ether oxygens (including phenoxy) is 1. The Hall–Kier alpha value is -0.610. The third-order valence-corrected chi connectivity index (χ3v) is 1.86. The minimum Gasteiger partial charge on any atom is -0.469 e. The van der Waals surface area contributed by atoms with Gasteiger partial charge < -0.3 is 15.8 Å². The molecule has 0 aliphatic heterocycles. The summed E-state index contributed by atoms with van der Waals surface area (Å²) < 4.78 is 4.67. The first-order valence-electron chi connectivity index (χ1n) is 4.54. The number of hydrogen-bond donors (Lipinski definition) is 2. The summed E-state index contributed by atoms with van der Waals surface area (Å²) in [4.78, 5) is 11.2. The Bertz CT molecular complexity index is 158. The molecule has 0 amide bonds.